The maximum atomic E-state index is 12.5. The lowest BCUT2D eigenvalue weighted by atomic mass is 10.1. The predicted molar refractivity (Wildman–Crippen MR) is 61.4 cm³/mol. The van der Waals surface area contributed by atoms with Crippen molar-refractivity contribution in [3.05, 3.63) is 59.4 Å². The van der Waals surface area contributed by atoms with Crippen molar-refractivity contribution in [2.75, 3.05) is 0 Å². The number of rotatable bonds is 3. The quantitative estimate of drug-likeness (QED) is 0.868. The Balaban J connectivity index is 2.02. The monoisotopic (exact) mass is 269 g/mol. The highest BCUT2D eigenvalue weighted by Crippen LogP contribution is 2.29. The van der Waals surface area contributed by atoms with Gasteiger partial charge in [0.25, 0.3) is 0 Å². The number of carbonyl (C=O) groups excluding carboxylic acids is 1. The number of carbonyl (C=O) groups is 1. The maximum absolute atomic E-state index is 12.5. The average molecular weight is 269 g/mol. The summed E-state index contributed by atoms with van der Waals surface area (Å²) in [6, 6.07) is 7.82. The molecule has 0 aliphatic heterocycles. The van der Waals surface area contributed by atoms with Gasteiger partial charge in [-0.25, -0.2) is 4.79 Å². The first-order chi connectivity index (χ1) is 8.97. The molecular formula is C13H10F3NO2. The molecule has 100 valence electrons. The number of benzene rings is 1. The molecule has 3 nitrogen and oxygen atoms in total. The molecular weight excluding hydrogens is 259 g/mol. The summed E-state index contributed by atoms with van der Waals surface area (Å²) in [5.41, 5.74) is -0.220. The molecule has 19 heavy (non-hydrogen) atoms. The van der Waals surface area contributed by atoms with Crippen LogP contribution < -0.4 is 0 Å². The third kappa shape index (κ3) is 3.37. The standard InChI is InChI=1S/C13H10F3NO2/c14-13(15,16)10-4-1-3-9(7-10)8-19-12(18)11-5-2-6-17-11/h1-7,17H,8H2. The zero-order chi connectivity index (χ0) is 13.9. The van der Waals surface area contributed by atoms with E-state index in [1.165, 1.54) is 18.2 Å². The van der Waals surface area contributed by atoms with Crippen LogP contribution in [0.1, 0.15) is 21.6 Å². The minimum absolute atomic E-state index is 0.207. The molecule has 0 spiro atoms. The highest BCUT2D eigenvalue weighted by atomic mass is 19.4. The number of hydrogen-bond acceptors (Lipinski definition) is 2. The second-order valence-electron chi connectivity index (χ2n) is 3.86. The van der Waals surface area contributed by atoms with E-state index in [0.29, 0.717) is 0 Å². The lowest BCUT2D eigenvalue weighted by Gasteiger charge is -2.09. The van der Waals surface area contributed by atoms with Gasteiger partial charge in [-0.2, -0.15) is 13.2 Å². The fourth-order valence-electron chi connectivity index (χ4n) is 1.52. The second-order valence-corrected chi connectivity index (χ2v) is 3.86. The second kappa shape index (κ2) is 5.17. The normalized spacial score (nSPS) is 11.3. The summed E-state index contributed by atoms with van der Waals surface area (Å²) in [5.74, 6) is -0.609. The zero-order valence-electron chi connectivity index (χ0n) is 9.70. The molecule has 2 aromatic rings. The highest BCUT2D eigenvalue weighted by Gasteiger charge is 2.30. The van der Waals surface area contributed by atoms with Gasteiger partial charge < -0.3 is 9.72 Å². The molecule has 1 aromatic carbocycles. The van der Waals surface area contributed by atoms with Gasteiger partial charge in [0, 0.05) is 6.20 Å². The number of halogens is 3. The number of aromatic nitrogens is 1. The summed E-state index contributed by atoms with van der Waals surface area (Å²) in [7, 11) is 0. The number of H-pyrrole nitrogens is 1. The van der Waals surface area contributed by atoms with Crippen molar-refractivity contribution in [1.82, 2.24) is 4.98 Å². The largest absolute Gasteiger partial charge is 0.456 e. The van der Waals surface area contributed by atoms with Crippen LogP contribution in [0.15, 0.2) is 42.6 Å². The van der Waals surface area contributed by atoms with E-state index in [-0.39, 0.29) is 17.9 Å². The molecule has 6 heteroatoms. The van der Waals surface area contributed by atoms with Gasteiger partial charge in [0.1, 0.15) is 12.3 Å². The highest BCUT2D eigenvalue weighted by molar-refractivity contribution is 5.87. The van der Waals surface area contributed by atoms with Crippen molar-refractivity contribution in [1.29, 1.82) is 0 Å². The Morgan fingerprint density at radius 1 is 1.21 bits per heavy atom. The molecule has 0 bridgehead atoms. The number of esters is 1. The topological polar surface area (TPSA) is 42.1 Å². The molecule has 1 N–H and O–H groups in total. The van der Waals surface area contributed by atoms with E-state index < -0.39 is 17.7 Å². The Hall–Kier alpha value is -2.24. The van der Waals surface area contributed by atoms with Crippen LogP contribution >= 0.6 is 0 Å². The molecule has 0 amide bonds. The molecule has 0 fully saturated rings. The molecule has 0 aliphatic carbocycles. The molecule has 0 aliphatic rings. The van der Waals surface area contributed by atoms with E-state index in [9.17, 15) is 18.0 Å². The van der Waals surface area contributed by atoms with Gasteiger partial charge in [-0.1, -0.05) is 12.1 Å². The van der Waals surface area contributed by atoms with Gasteiger partial charge in [0.2, 0.25) is 0 Å². The Morgan fingerprint density at radius 3 is 2.63 bits per heavy atom. The average Bonchev–Trinajstić information content (AvgIpc) is 2.89. The van der Waals surface area contributed by atoms with Crippen LogP contribution in [0.4, 0.5) is 13.2 Å². The summed E-state index contributed by atoms with van der Waals surface area (Å²) < 4.78 is 42.3. The first-order valence-electron chi connectivity index (χ1n) is 5.43. The SMILES string of the molecule is O=C(OCc1cccc(C(F)(F)F)c1)c1ccc[nH]1. The van der Waals surface area contributed by atoms with Gasteiger partial charge >= 0.3 is 12.1 Å². The summed E-state index contributed by atoms with van der Waals surface area (Å²) in [6.45, 7) is -0.207. The number of alkyl halides is 3. The van der Waals surface area contributed by atoms with Crippen LogP contribution in [0.3, 0.4) is 0 Å². The van der Waals surface area contributed by atoms with Gasteiger partial charge in [0.05, 0.1) is 5.56 Å². The summed E-state index contributed by atoms with van der Waals surface area (Å²) in [6.07, 6.45) is -2.85. The van der Waals surface area contributed by atoms with Crippen LogP contribution in [0.5, 0.6) is 0 Å². The smallest absolute Gasteiger partial charge is 0.416 e. The molecule has 0 saturated carbocycles. The molecule has 2 rings (SSSR count). The van der Waals surface area contributed by atoms with E-state index in [4.69, 9.17) is 4.74 Å². The Morgan fingerprint density at radius 2 is 2.00 bits per heavy atom. The van der Waals surface area contributed by atoms with Crippen molar-refractivity contribution in [3.8, 4) is 0 Å². The van der Waals surface area contributed by atoms with Crippen molar-refractivity contribution in [3.63, 3.8) is 0 Å². The van der Waals surface area contributed by atoms with Crippen LogP contribution in [0.25, 0.3) is 0 Å². The van der Waals surface area contributed by atoms with Crippen LogP contribution in [0, 0.1) is 0 Å². The van der Waals surface area contributed by atoms with Crippen LogP contribution in [-0.4, -0.2) is 11.0 Å². The van der Waals surface area contributed by atoms with Gasteiger partial charge in [-0.3, -0.25) is 0 Å². The molecule has 1 aromatic heterocycles. The molecule has 0 radical (unpaired) electrons. The third-order valence-electron chi connectivity index (χ3n) is 2.44. The van der Waals surface area contributed by atoms with Crippen molar-refractivity contribution < 1.29 is 22.7 Å². The van der Waals surface area contributed by atoms with Crippen molar-refractivity contribution in [2.24, 2.45) is 0 Å². The van der Waals surface area contributed by atoms with Gasteiger partial charge in [-0.15, -0.1) is 0 Å². The van der Waals surface area contributed by atoms with E-state index in [2.05, 4.69) is 4.98 Å². The van der Waals surface area contributed by atoms with Crippen molar-refractivity contribution >= 4 is 5.97 Å². The summed E-state index contributed by atoms with van der Waals surface area (Å²) in [4.78, 5) is 14.1. The van der Waals surface area contributed by atoms with Crippen LogP contribution in [0.2, 0.25) is 0 Å². The first-order valence-corrected chi connectivity index (χ1v) is 5.43. The van der Waals surface area contributed by atoms with Crippen molar-refractivity contribution in [2.45, 2.75) is 12.8 Å². The lowest BCUT2D eigenvalue weighted by Crippen LogP contribution is -2.08. The van der Waals surface area contributed by atoms with E-state index in [1.54, 1.807) is 12.3 Å². The third-order valence-corrected chi connectivity index (χ3v) is 2.44. The van der Waals surface area contributed by atoms with Gasteiger partial charge in [0.15, 0.2) is 0 Å². The first kappa shape index (κ1) is 13.2. The number of aromatic amines is 1. The molecule has 0 saturated heterocycles. The van der Waals surface area contributed by atoms with E-state index in [1.807, 2.05) is 0 Å². The predicted octanol–water partition coefficient (Wildman–Crippen LogP) is 3.39. The summed E-state index contributed by atoms with van der Waals surface area (Å²) in [5, 5.41) is 0. The molecule has 1 heterocycles. The number of nitrogens with one attached hydrogen (secondary N) is 1. The van der Waals surface area contributed by atoms with Crippen LogP contribution in [-0.2, 0) is 17.5 Å². The minimum Gasteiger partial charge on any atom is -0.456 e. The Bertz CT molecular complexity index is 562. The fraction of sp³-hybridized carbons (Fsp3) is 0.154. The maximum Gasteiger partial charge on any atom is 0.416 e. The van der Waals surface area contributed by atoms with Gasteiger partial charge in [-0.05, 0) is 29.8 Å². The minimum atomic E-state index is -4.40. The summed E-state index contributed by atoms with van der Waals surface area (Å²) >= 11 is 0. The zero-order valence-corrected chi connectivity index (χ0v) is 9.70. The number of hydrogen-bond donors (Lipinski definition) is 1. The molecule has 0 unspecified atom stereocenters. The fourth-order valence-corrected chi connectivity index (χ4v) is 1.52. The molecule has 0 atom stereocenters. The lowest BCUT2D eigenvalue weighted by molar-refractivity contribution is -0.137. The number of ether oxygens (including phenoxy) is 1. The Labute approximate surface area is 107 Å². The Kier molecular flexibility index (Phi) is 3.59. The van der Waals surface area contributed by atoms with E-state index in [0.717, 1.165) is 12.1 Å². The van der Waals surface area contributed by atoms with E-state index >= 15 is 0 Å².